The SMILES string of the molecule is C=Cc1c(C)c(C)c(C)[n+](I)c1C. The van der Waals surface area contributed by atoms with Crippen LogP contribution in [0.4, 0.5) is 0 Å². The third-order valence-corrected chi connectivity index (χ3v) is 4.14. The van der Waals surface area contributed by atoms with E-state index in [1.807, 2.05) is 6.08 Å². The maximum absolute atomic E-state index is 3.85. The molecule has 0 atom stereocenters. The van der Waals surface area contributed by atoms with Crippen LogP contribution in [0.25, 0.3) is 6.08 Å². The van der Waals surface area contributed by atoms with E-state index in [0.717, 1.165) is 0 Å². The van der Waals surface area contributed by atoms with Crippen LogP contribution >= 0.6 is 22.9 Å². The number of rotatable bonds is 1. The molecule has 1 aromatic rings. The van der Waals surface area contributed by atoms with Gasteiger partial charge in [0.2, 0.25) is 0 Å². The summed E-state index contributed by atoms with van der Waals surface area (Å²) >= 11 is 2.33. The lowest BCUT2D eigenvalue weighted by molar-refractivity contribution is -0.458. The molecule has 0 saturated carbocycles. The molecule has 0 saturated heterocycles. The minimum atomic E-state index is 1.26. The van der Waals surface area contributed by atoms with Crippen molar-refractivity contribution in [2.45, 2.75) is 27.7 Å². The van der Waals surface area contributed by atoms with E-state index in [1.165, 1.54) is 28.1 Å². The van der Waals surface area contributed by atoms with Gasteiger partial charge in [0.05, 0.1) is 0 Å². The first-order valence-corrected chi connectivity index (χ1v) is 5.28. The summed E-state index contributed by atoms with van der Waals surface area (Å²) in [5.74, 6) is 0. The molecule has 0 aromatic carbocycles. The van der Waals surface area contributed by atoms with Gasteiger partial charge in [-0.25, -0.2) is 0 Å². The molecular formula is C11H15IN+. The molecule has 0 spiro atoms. The molecule has 13 heavy (non-hydrogen) atoms. The molecule has 2 heteroatoms. The summed E-state index contributed by atoms with van der Waals surface area (Å²) in [5, 5.41) is 0. The normalized spacial score (nSPS) is 10.2. The molecule has 0 fully saturated rings. The van der Waals surface area contributed by atoms with Gasteiger partial charge in [0.25, 0.3) is 0 Å². The van der Waals surface area contributed by atoms with Crippen molar-refractivity contribution in [2.24, 2.45) is 0 Å². The molecule has 1 heterocycles. The van der Waals surface area contributed by atoms with Gasteiger partial charge in [-0.3, -0.25) is 0 Å². The largest absolute Gasteiger partial charge is 0.354 e. The smallest absolute Gasteiger partial charge is 0.138 e. The zero-order valence-electron chi connectivity index (χ0n) is 8.61. The maximum atomic E-state index is 3.85. The second-order valence-corrected chi connectivity index (χ2v) is 4.28. The fraction of sp³-hybridized carbons (Fsp3) is 0.364. The zero-order chi connectivity index (χ0) is 10.2. The Bertz CT molecular complexity index is 338. The van der Waals surface area contributed by atoms with Gasteiger partial charge >= 0.3 is 22.9 Å². The van der Waals surface area contributed by atoms with E-state index in [9.17, 15) is 0 Å². The lowest BCUT2D eigenvalue weighted by Gasteiger charge is -2.08. The predicted molar refractivity (Wildman–Crippen MR) is 65.1 cm³/mol. The molecule has 0 N–H and O–H groups in total. The van der Waals surface area contributed by atoms with E-state index >= 15 is 0 Å². The first-order valence-electron chi connectivity index (χ1n) is 4.31. The summed E-state index contributed by atoms with van der Waals surface area (Å²) in [7, 11) is 0. The van der Waals surface area contributed by atoms with Crippen LogP contribution in [-0.4, -0.2) is 0 Å². The zero-order valence-corrected chi connectivity index (χ0v) is 10.8. The molecule has 1 aromatic heterocycles. The molecular weight excluding hydrogens is 273 g/mol. The van der Waals surface area contributed by atoms with Crippen LogP contribution in [0.15, 0.2) is 6.58 Å². The van der Waals surface area contributed by atoms with Crippen molar-refractivity contribution in [3.8, 4) is 0 Å². The van der Waals surface area contributed by atoms with Crippen molar-refractivity contribution in [2.75, 3.05) is 0 Å². The molecule has 0 aliphatic heterocycles. The summed E-state index contributed by atoms with van der Waals surface area (Å²) < 4.78 is 2.19. The van der Waals surface area contributed by atoms with Crippen molar-refractivity contribution in [1.82, 2.24) is 0 Å². The molecule has 1 nitrogen and oxygen atoms in total. The summed E-state index contributed by atoms with van der Waals surface area (Å²) in [6.07, 6.45) is 1.94. The maximum Gasteiger partial charge on any atom is 0.354 e. The highest BCUT2D eigenvalue weighted by atomic mass is 127. The number of hydrogen-bond donors (Lipinski definition) is 0. The molecule has 1 rings (SSSR count). The lowest BCUT2D eigenvalue weighted by atomic mass is 10.0. The topological polar surface area (TPSA) is 3.88 Å². The van der Waals surface area contributed by atoms with Gasteiger partial charge in [0.15, 0.2) is 11.4 Å². The van der Waals surface area contributed by atoms with E-state index in [0.29, 0.717) is 0 Å². The highest BCUT2D eigenvalue weighted by Crippen LogP contribution is 2.18. The Balaban J connectivity index is 3.66. The Kier molecular flexibility index (Phi) is 3.11. The van der Waals surface area contributed by atoms with Gasteiger partial charge in [-0.1, -0.05) is 12.7 Å². The highest BCUT2D eigenvalue weighted by Gasteiger charge is 2.17. The standard InChI is InChI=1S/C11H15IN/c1-6-11-8(3)7(2)9(4)13(12)10(11)5/h6H,1H2,2-5H3/q+1. The van der Waals surface area contributed by atoms with E-state index in [4.69, 9.17) is 0 Å². The molecule has 0 bridgehead atoms. The number of nitrogens with zero attached hydrogens (tertiary/aromatic N) is 1. The van der Waals surface area contributed by atoms with Gasteiger partial charge in [0, 0.05) is 25.0 Å². The van der Waals surface area contributed by atoms with Gasteiger partial charge < -0.3 is 0 Å². The minimum Gasteiger partial charge on any atom is -0.138 e. The number of pyridine rings is 1. The van der Waals surface area contributed by atoms with Crippen molar-refractivity contribution in [1.29, 1.82) is 0 Å². The fourth-order valence-electron chi connectivity index (χ4n) is 1.55. The third-order valence-electron chi connectivity index (χ3n) is 2.69. The van der Waals surface area contributed by atoms with Crippen molar-refractivity contribution in [3.05, 3.63) is 34.7 Å². The van der Waals surface area contributed by atoms with E-state index < -0.39 is 0 Å². The van der Waals surface area contributed by atoms with Crippen molar-refractivity contribution < 1.29 is 2.78 Å². The third kappa shape index (κ3) is 1.64. The first-order chi connectivity index (χ1) is 6.00. The second kappa shape index (κ2) is 3.78. The van der Waals surface area contributed by atoms with Gasteiger partial charge in [0.1, 0.15) is 0 Å². The molecule has 0 aliphatic rings. The molecule has 0 aliphatic carbocycles. The summed E-state index contributed by atoms with van der Waals surface area (Å²) in [6, 6.07) is 0. The summed E-state index contributed by atoms with van der Waals surface area (Å²) in [5.41, 5.74) is 6.56. The van der Waals surface area contributed by atoms with Crippen LogP contribution in [0.3, 0.4) is 0 Å². The number of halogens is 1. The number of hydrogen-bond acceptors (Lipinski definition) is 0. The quantitative estimate of drug-likeness (QED) is 0.699. The average molecular weight is 288 g/mol. The molecule has 70 valence electrons. The molecule has 0 amide bonds. The highest BCUT2D eigenvalue weighted by molar-refractivity contribution is 14.1. The Morgan fingerprint density at radius 3 is 2.08 bits per heavy atom. The van der Waals surface area contributed by atoms with Crippen LogP contribution in [-0.2, 0) is 0 Å². The van der Waals surface area contributed by atoms with Crippen LogP contribution in [0.1, 0.15) is 28.1 Å². The van der Waals surface area contributed by atoms with Crippen molar-refractivity contribution in [3.63, 3.8) is 0 Å². The van der Waals surface area contributed by atoms with Gasteiger partial charge in [-0.05, 0) is 19.4 Å². The first kappa shape index (κ1) is 10.7. The summed E-state index contributed by atoms with van der Waals surface area (Å²) in [4.78, 5) is 0. The fourth-order valence-corrected chi connectivity index (χ4v) is 2.17. The predicted octanol–water partition coefficient (Wildman–Crippen LogP) is 3.05. The van der Waals surface area contributed by atoms with Gasteiger partial charge in [-0.15, -0.1) is 2.78 Å². The number of aromatic nitrogens is 1. The van der Waals surface area contributed by atoms with Crippen LogP contribution < -0.4 is 2.78 Å². The second-order valence-electron chi connectivity index (χ2n) is 3.32. The molecule has 0 unspecified atom stereocenters. The Morgan fingerprint density at radius 1 is 1.08 bits per heavy atom. The lowest BCUT2D eigenvalue weighted by Crippen LogP contribution is -2.30. The van der Waals surface area contributed by atoms with Gasteiger partial charge in [-0.2, -0.15) is 0 Å². The van der Waals surface area contributed by atoms with E-state index in [-0.39, 0.29) is 0 Å². The Morgan fingerprint density at radius 2 is 1.62 bits per heavy atom. The Labute approximate surface area is 94.0 Å². The van der Waals surface area contributed by atoms with Crippen LogP contribution in [0.5, 0.6) is 0 Å². The monoisotopic (exact) mass is 288 g/mol. The van der Waals surface area contributed by atoms with E-state index in [2.05, 4.69) is 59.9 Å². The van der Waals surface area contributed by atoms with Crippen LogP contribution in [0.2, 0.25) is 0 Å². The van der Waals surface area contributed by atoms with Crippen LogP contribution in [0, 0.1) is 27.7 Å². The van der Waals surface area contributed by atoms with E-state index in [1.54, 1.807) is 0 Å². The van der Waals surface area contributed by atoms with Crippen molar-refractivity contribution >= 4 is 28.9 Å². The minimum absolute atomic E-state index is 1.26. The molecule has 0 radical (unpaired) electrons. The Hall–Kier alpha value is -0.380. The average Bonchev–Trinajstić information content (AvgIpc) is 2.13. The summed E-state index contributed by atoms with van der Waals surface area (Å²) in [6.45, 7) is 12.4.